The minimum absolute atomic E-state index is 0.0492. The van der Waals surface area contributed by atoms with Crippen molar-refractivity contribution in [2.24, 2.45) is 0 Å². The molecule has 0 aliphatic heterocycles. The first-order valence-electron chi connectivity index (χ1n) is 3.08. The zero-order valence-electron chi connectivity index (χ0n) is 6.52. The summed E-state index contributed by atoms with van der Waals surface area (Å²) in [5, 5.41) is 0. The molecule has 0 aromatic carbocycles. The average Bonchev–Trinajstić information content (AvgIpc) is 1.89. The van der Waals surface area contributed by atoms with Crippen LogP contribution in [0.4, 0.5) is 0 Å². The summed E-state index contributed by atoms with van der Waals surface area (Å²) in [6.45, 7) is 4.84. The summed E-state index contributed by atoms with van der Waals surface area (Å²) in [7, 11) is 3.09. The molecule has 0 bridgehead atoms. The van der Waals surface area contributed by atoms with Gasteiger partial charge >= 0.3 is 0 Å². The van der Waals surface area contributed by atoms with Crippen molar-refractivity contribution in [2.45, 2.75) is 25.9 Å². The number of ether oxygens (including phenoxy) is 1. The van der Waals surface area contributed by atoms with Gasteiger partial charge in [-0.05, 0) is 13.8 Å². The number of methoxy groups -OCH3 is 1. The predicted octanol–water partition coefficient (Wildman–Crippen LogP) is 2.82. The van der Waals surface area contributed by atoms with Gasteiger partial charge in [0.1, 0.15) is 0 Å². The number of rotatable bonds is 5. The first-order valence-corrected chi connectivity index (χ1v) is 6.36. The maximum atomic E-state index is 5.19. The molecule has 0 N–H and O–H groups in total. The van der Waals surface area contributed by atoms with E-state index in [1.807, 2.05) is 13.8 Å². The van der Waals surface area contributed by atoms with E-state index in [4.69, 9.17) is 8.92 Å². The first kappa shape index (κ1) is 11.0. The molecule has 0 amide bonds. The van der Waals surface area contributed by atoms with Gasteiger partial charge in [-0.15, -0.1) is 0 Å². The highest BCUT2D eigenvalue weighted by molar-refractivity contribution is 14.2. The van der Waals surface area contributed by atoms with Gasteiger partial charge < -0.3 is 8.92 Å². The molecule has 0 unspecified atom stereocenters. The lowest BCUT2D eigenvalue weighted by molar-refractivity contribution is 0.00733. The van der Waals surface area contributed by atoms with Gasteiger partial charge in [-0.25, -0.2) is 0 Å². The van der Waals surface area contributed by atoms with E-state index in [2.05, 4.69) is 21.2 Å². The van der Waals surface area contributed by atoms with Crippen LogP contribution in [0.2, 0.25) is 0 Å². The fraction of sp³-hybridized carbons (Fsp3) is 1.00. The summed E-state index contributed by atoms with van der Waals surface area (Å²) in [5.41, 5.74) is -0.0492. The summed E-state index contributed by atoms with van der Waals surface area (Å²) < 4.78 is 10.3. The molecule has 0 heterocycles. The minimum atomic E-state index is -0.0492. The fourth-order valence-corrected chi connectivity index (χ4v) is 1.11. The molecule has 0 radical (unpaired) electrons. The lowest BCUT2D eigenvalue weighted by atomic mass is 10.1. The van der Waals surface area contributed by atoms with Crippen molar-refractivity contribution in [3.05, 3.63) is 0 Å². The summed E-state index contributed by atoms with van der Waals surface area (Å²) in [4.78, 5) is 0. The van der Waals surface area contributed by atoms with Crippen molar-refractivity contribution in [1.29, 1.82) is 0 Å². The van der Waals surface area contributed by atoms with Crippen LogP contribution in [0.25, 0.3) is 0 Å². The topological polar surface area (TPSA) is 18.5 Å². The van der Waals surface area contributed by atoms with Gasteiger partial charge in [-0.1, -0.05) is 0 Å². The Hall–Kier alpha value is 1.00. The van der Waals surface area contributed by atoms with E-state index in [0.717, 1.165) is 13.0 Å². The Bertz CT molecular complexity index is 87.8. The van der Waals surface area contributed by atoms with Gasteiger partial charge in [-0.2, -0.15) is 0 Å². The van der Waals surface area contributed by atoms with E-state index in [1.165, 1.54) is 9.21 Å². The third-order valence-corrected chi connectivity index (χ3v) is 2.40. The second-order valence-corrected chi connectivity index (χ2v) is 4.04. The van der Waals surface area contributed by atoms with Crippen molar-refractivity contribution in [2.75, 3.05) is 13.7 Å². The Morgan fingerprint density at radius 3 is 2.50 bits per heavy atom. The van der Waals surface area contributed by atoms with E-state index in [1.54, 1.807) is 7.11 Å². The Morgan fingerprint density at radius 2 is 2.10 bits per heavy atom. The SMILES string of the molecule is COC(C)(C)CCOSI. The first-order chi connectivity index (χ1) is 4.62. The van der Waals surface area contributed by atoms with Crippen molar-refractivity contribution < 1.29 is 8.92 Å². The van der Waals surface area contributed by atoms with Crippen LogP contribution in [0, 0.1) is 0 Å². The monoisotopic (exact) mass is 276 g/mol. The molecule has 0 saturated heterocycles. The number of hydrogen-bond acceptors (Lipinski definition) is 3. The van der Waals surface area contributed by atoms with Crippen LogP contribution in [0.15, 0.2) is 0 Å². The summed E-state index contributed by atoms with van der Waals surface area (Å²) >= 11 is 2.10. The lowest BCUT2D eigenvalue weighted by Gasteiger charge is -2.21. The zero-order chi connectivity index (χ0) is 8.04. The van der Waals surface area contributed by atoms with Crippen LogP contribution >= 0.6 is 30.4 Å². The van der Waals surface area contributed by atoms with Gasteiger partial charge in [0.2, 0.25) is 0 Å². The van der Waals surface area contributed by atoms with Crippen molar-refractivity contribution in [1.82, 2.24) is 0 Å². The molecule has 10 heavy (non-hydrogen) atoms. The molecular weight excluding hydrogens is 263 g/mol. The Labute approximate surface area is 78.8 Å². The van der Waals surface area contributed by atoms with Crippen molar-refractivity contribution in [3.8, 4) is 0 Å². The maximum Gasteiger partial charge on any atom is 0.0650 e. The van der Waals surface area contributed by atoms with Crippen molar-refractivity contribution in [3.63, 3.8) is 0 Å². The molecule has 4 heteroatoms. The highest BCUT2D eigenvalue weighted by atomic mass is 127. The predicted molar refractivity (Wildman–Crippen MR) is 53.3 cm³/mol. The Morgan fingerprint density at radius 1 is 1.50 bits per heavy atom. The quantitative estimate of drug-likeness (QED) is 0.437. The molecule has 0 atom stereocenters. The van der Waals surface area contributed by atoms with Gasteiger partial charge in [-0.3, -0.25) is 0 Å². The molecule has 0 aromatic rings. The Kier molecular flexibility index (Phi) is 6.19. The summed E-state index contributed by atoms with van der Waals surface area (Å²) in [6.07, 6.45) is 0.930. The van der Waals surface area contributed by atoms with Gasteiger partial charge in [0.15, 0.2) is 0 Å². The van der Waals surface area contributed by atoms with Crippen LogP contribution in [0.1, 0.15) is 20.3 Å². The van der Waals surface area contributed by atoms with Crippen LogP contribution in [-0.2, 0) is 8.92 Å². The summed E-state index contributed by atoms with van der Waals surface area (Å²) in [5.74, 6) is 0. The highest BCUT2D eigenvalue weighted by Crippen LogP contribution is 2.17. The molecule has 2 nitrogen and oxygen atoms in total. The fourth-order valence-electron chi connectivity index (χ4n) is 0.421. The van der Waals surface area contributed by atoms with E-state index in [9.17, 15) is 0 Å². The normalized spacial score (nSPS) is 12.0. The van der Waals surface area contributed by atoms with Crippen LogP contribution in [-0.4, -0.2) is 19.3 Å². The highest BCUT2D eigenvalue weighted by Gasteiger charge is 2.15. The third kappa shape index (κ3) is 5.76. The van der Waals surface area contributed by atoms with Gasteiger partial charge in [0, 0.05) is 34.7 Å². The molecule has 0 aromatic heterocycles. The van der Waals surface area contributed by atoms with E-state index in [0.29, 0.717) is 0 Å². The molecule has 0 spiro atoms. The van der Waals surface area contributed by atoms with Crippen LogP contribution in [0.5, 0.6) is 0 Å². The standard InChI is InChI=1S/C6H13IO2S/c1-6(2,8-3)4-5-9-10-7/h4-5H2,1-3H3. The number of hydrogen-bond donors (Lipinski definition) is 0. The number of halogens is 1. The van der Waals surface area contributed by atoms with Gasteiger partial charge in [0.05, 0.1) is 21.4 Å². The van der Waals surface area contributed by atoms with Crippen LogP contribution in [0.3, 0.4) is 0 Å². The summed E-state index contributed by atoms with van der Waals surface area (Å²) in [6, 6.07) is 0. The average molecular weight is 276 g/mol. The smallest absolute Gasteiger partial charge is 0.0650 e. The van der Waals surface area contributed by atoms with Crippen LogP contribution < -0.4 is 0 Å². The third-order valence-electron chi connectivity index (χ3n) is 1.38. The van der Waals surface area contributed by atoms with E-state index in [-0.39, 0.29) is 5.60 Å². The Balaban J connectivity index is 3.28. The van der Waals surface area contributed by atoms with Gasteiger partial charge in [0.25, 0.3) is 0 Å². The molecule has 0 aliphatic rings. The molecule has 0 saturated carbocycles. The molecular formula is C6H13IO2S. The molecule has 62 valence electrons. The molecule has 0 rings (SSSR count). The molecule has 0 fully saturated rings. The second kappa shape index (κ2) is 5.62. The van der Waals surface area contributed by atoms with E-state index >= 15 is 0 Å². The minimum Gasteiger partial charge on any atom is -0.379 e. The molecule has 0 aliphatic carbocycles. The largest absolute Gasteiger partial charge is 0.379 e. The zero-order valence-corrected chi connectivity index (χ0v) is 9.49. The second-order valence-electron chi connectivity index (χ2n) is 2.60. The lowest BCUT2D eigenvalue weighted by Crippen LogP contribution is -2.23. The van der Waals surface area contributed by atoms with E-state index < -0.39 is 0 Å². The van der Waals surface area contributed by atoms with Crippen molar-refractivity contribution >= 4 is 30.4 Å². The maximum absolute atomic E-state index is 5.19.